The van der Waals surface area contributed by atoms with Crippen LogP contribution in [0.5, 0.6) is 0 Å². The lowest BCUT2D eigenvalue weighted by Gasteiger charge is -2.56. The molecule has 3 rings (SSSR count). The molecular formula is C22H31NO5. The lowest BCUT2D eigenvalue weighted by molar-refractivity contribution is -0.170. The molecule has 0 spiro atoms. The number of carbonyl (C=O) groups excluding carboxylic acids is 3. The Hall–Kier alpha value is -2.11. The van der Waals surface area contributed by atoms with Gasteiger partial charge in [0.15, 0.2) is 0 Å². The van der Waals surface area contributed by atoms with Crippen molar-refractivity contribution in [2.45, 2.75) is 73.0 Å². The molecular weight excluding hydrogens is 358 g/mol. The van der Waals surface area contributed by atoms with Gasteiger partial charge in [0.1, 0.15) is 12.1 Å². The van der Waals surface area contributed by atoms with Crippen LogP contribution in [0.2, 0.25) is 0 Å². The monoisotopic (exact) mass is 389 g/mol. The van der Waals surface area contributed by atoms with Crippen molar-refractivity contribution in [3.63, 3.8) is 0 Å². The summed E-state index contributed by atoms with van der Waals surface area (Å²) in [4.78, 5) is 36.6. The van der Waals surface area contributed by atoms with Crippen LogP contribution in [0.15, 0.2) is 23.5 Å². The molecule has 1 heterocycles. The maximum Gasteiger partial charge on any atom is 0.343 e. The van der Waals surface area contributed by atoms with E-state index in [0.717, 1.165) is 18.4 Å². The quantitative estimate of drug-likeness (QED) is 0.746. The van der Waals surface area contributed by atoms with Gasteiger partial charge in [0, 0.05) is 17.9 Å². The minimum Gasteiger partial charge on any atom is -0.460 e. The zero-order chi connectivity index (χ0) is 20.9. The van der Waals surface area contributed by atoms with E-state index in [2.05, 4.69) is 26.1 Å². The van der Waals surface area contributed by atoms with Gasteiger partial charge in [-0.2, -0.15) is 0 Å². The van der Waals surface area contributed by atoms with E-state index in [1.807, 2.05) is 19.9 Å². The summed E-state index contributed by atoms with van der Waals surface area (Å²) in [5.74, 6) is -0.880. The van der Waals surface area contributed by atoms with E-state index >= 15 is 0 Å². The SMILES string of the molecule is CC(=O)NC(C(=O)OC1CCC(C)(C)C2CC=C3C(=O)OC=C3C12C)C(C)C. The van der Waals surface area contributed by atoms with Crippen LogP contribution >= 0.6 is 0 Å². The molecule has 1 saturated carbocycles. The van der Waals surface area contributed by atoms with Crippen LogP contribution in [0, 0.1) is 22.7 Å². The third-order valence-corrected chi connectivity index (χ3v) is 6.86. The van der Waals surface area contributed by atoms with Crippen LogP contribution in [-0.2, 0) is 23.9 Å². The molecule has 3 aliphatic rings. The summed E-state index contributed by atoms with van der Waals surface area (Å²) in [5, 5.41) is 2.70. The number of esters is 2. The van der Waals surface area contributed by atoms with Gasteiger partial charge in [0.25, 0.3) is 0 Å². The Bertz CT molecular complexity index is 763. The molecule has 28 heavy (non-hydrogen) atoms. The van der Waals surface area contributed by atoms with E-state index in [-0.39, 0.29) is 35.2 Å². The lowest BCUT2D eigenvalue weighted by atomic mass is 9.49. The number of fused-ring (bicyclic) bond motifs is 3. The Morgan fingerprint density at radius 2 is 1.96 bits per heavy atom. The average Bonchev–Trinajstić information content (AvgIpc) is 2.97. The lowest BCUT2D eigenvalue weighted by Crippen LogP contribution is -2.55. The van der Waals surface area contributed by atoms with Gasteiger partial charge in [-0.15, -0.1) is 0 Å². The largest absolute Gasteiger partial charge is 0.460 e. The average molecular weight is 389 g/mol. The standard InChI is InChI=1S/C22H31NO5/c1-12(2)18(23-13(3)24)20(26)28-17-9-10-21(4,5)16-8-7-14-15(22(16,17)6)11-27-19(14)25/h7,11-12,16-18H,8-10H2,1-6H3,(H,23,24). The normalized spacial score (nSPS) is 31.8. The topological polar surface area (TPSA) is 81.7 Å². The summed E-state index contributed by atoms with van der Waals surface area (Å²) in [7, 11) is 0. The molecule has 1 aliphatic heterocycles. The van der Waals surface area contributed by atoms with E-state index in [0.29, 0.717) is 12.0 Å². The van der Waals surface area contributed by atoms with Gasteiger partial charge in [-0.1, -0.05) is 40.7 Å². The van der Waals surface area contributed by atoms with Gasteiger partial charge in [-0.05, 0) is 36.5 Å². The van der Waals surface area contributed by atoms with Crippen molar-refractivity contribution >= 4 is 17.8 Å². The van der Waals surface area contributed by atoms with E-state index in [9.17, 15) is 14.4 Å². The third kappa shape index (κ3) is 3.27. The predicted octanol–water partition coefficient (Wildman–Crippen LogP) is 3.27. The van der Waals surface area contributed by atoms with Crippen LogP contribution in [-0.4, -0.2) is 30.0 Å². The Balaban J connectivity index is 1.93. The Morgan fingerprint density at radius 1 is 1.29 bits per heavy atom. The Kier molecular flexibility index (Phi) is 5.19. The molecule has 0 aromatic carbocycles. The van der Waals surface area contributed by atoms with Crippen LogP contribution in [0.1, 0.15) is 60.8 Å². The number of cyclic esters (lactones) is 1. The maximum atomic E-state index is 13.0. The van der Waals surface area contributed by atoms with Crippen LogP contribution in [0.3, 0.4) is 0 Å². The summed E-state index contributed by atoms with van der Waals surface area (Å²) in [6.07, 6.45) is 5.50. The highest BCUT2D eigenvalue weighted by molar-refractivity contribution is 5.97. The molecule has 0 bridgehead atoms. The molecule has 2 aliphatic carbocycles. The van der Waals surface area contributed by atoms with Crippen molar-refractivity contribution in [1.82, 2.24) is 5.32 Å². The number of amides is 1. The first-order valence-corrected chi connectivity index (χ1v) is 10.1. The molecule has 4 atom stereocenters. The second-order valence-corrected chi connectivity index (χ2v) is 9.50. The van der Waals surface area contributed by atoms with Gasteiger partial charge in [-0.25, -0.2) is 9.59 Å². The molecule has 0 saturated heterocycles. The first-order chi connectivity index (χ1) is 13.0. The maximum absolute atomic E-state index is 13.0. The van der Waals surface area contributed by atoms with Gasteiger partial charge in [-0.3, -0.25) is 4.79 Å². The van der Waals surface area contributed by atoms with Gasteiger partial charge < -0.3 is 14.8 Å². The van der Waals surface area contributed by atoms with E-state index < -0.39 is 17.4 Å². The molecule has 6 nitrogen and oxygen atoms in total. The molecule has 4 unspecified atom stereocenters. The first-order valence-electron chi connectivity index (χ1n) is 10.1. The highest BCUT2D eigenvalue weighted by Gasteiger charge is 2.59. The molecule has 6 heteroatoms. The molecule has 0 aromatic heterocycles. The number of hydrogen-bond acceptors (Lipinski definition) is 5. The number of hydrogen-bond donors (Lipinski definition) is 1. The Morgan fingerprint density at radius 3 is 2.57 bits per heavy atom. The fraction of sp³-hybridized carbons (Fsp3) is 0.682. The van der Waals surface area contributed by atoms with Gasteiger partial charge in [0.05, 0.1) is 11.8 Å². The molecule has 0 aromatic rings. The number of allylic oxidation sites excluding steroid dienone is 1. The molecule has 0 radical (unpaired) electrons. The second kappa shape index (κ2) is 7.05. The summed E-state index contributed by atoms with van der Waals surface area (Å²) in [6.45, 7) is 11.7. The zero-order valence-electron chi connectivity index (χ0n) is 17.6. The van der Waals surface area contributed by atoms with Crippen molar-refractivity contribution in [3.05, 3.63) is 23.5 Å². The van der Waals surface area contributed by atoms with Crippen molar-refractivity contribution in [3.8, 4) is 0 Å². The van der Waals surface area contributed by atoms with Crippen molar-refractivity contribution in [2.24, 2.45) is 22.7 Å². The summed E-state index contributed by atoms with van der Waals surface area (Å²) in [6, 6.07) is -0.691. The van der Waals surface area contributed by atoms with Gasteiger partial charge >= 0.3 is 11.9 Å². The zero-order valence-corrected chi connectivity index (χ0v) is 17.6. The molecule has 154 valence electrons. The number of carbonyl (C=O) groups is 3. The minimum absolute atomic E-state index is 0.0429. The van der Waals surface area contributed by atoms with E-state index in [1.54, 1.807) is 0 Å². The fourth-order valence-electron chi connectivity index (χ4n) is 5.25. The number of nitrogens with one attached hydrogen (secondary N) is 1. The summed E-state index contributed by atoms with van der Waals surface area (Å²) >= 11 is 0. The molecule has 1 N–H and O–H groups in total. The van der Waals surface area contributed by atoms with E-state index in [4.69, 9.17) is 9.47 Å². The van der Waals surface area contributed by atoms with Gasteiger partial charge in [0.2, 0.25) is 5.91 Å². The molecule has 1 amide bonds. The number of ether oxygens (including phenoxy) is 2. The van der Waals surface area contributed by atoms with Crippen molar-refractivity contribution in [1.29, 1.82) is 0 Å². The smallest absolute Gasteiger partial charge is 0.343 e. The number of rotatable bonds is 4. The van der Waals surface area contributed by atoms with Crippen molar-refractivity contribution < 1.29 is 23.9 Å². The summed E-state index contributed by atoms with van der Waals surface area (Å²) < 4.78 is 11.2. The summed E-state index contributed by atoms with van der Waals surface area (Å²) in [5.41, 5.74) is 0.965. The van der Waals surface area contributed by atoms with Crippen LogP contribution < -0.4 is 5.32 Å². The first kappa shape index (κ1) is 20.6. The van der Waals surface area contributed by atoms with Crippen LogP contribution in [0.25, 0.3) is 0 Å². The Labute approximate surface area is 166 Å². The van der Waals surface area contributed by atoms with E-state index in [1.165, 1.54) is 13.2 Å². The predicted molar refractivity (Wildman–Crippen MR) is 104 cm³/mol. The van der Waals surface area contributed by atoms with Crippen molar-refractivity contribution in [2.75, 3.05) is 0 Å². The highest BCUT2D eigenvalue weighted by atomic mass is 16.5. The fourth-order valence-corrected chi connectivity index (χ4v) is 5.25. The molecule has 1 fully saturated rings. The third-order valence-electron chi connectivity index (χ3n) is 6.86. The highest BCUT2D eigenvalue weighted by Crippen LogP contribution is 2.61. The second-order valence-electron chi connectivity index (χ2n) is 9.50. The minimum atomic E-state index is -0.691. The van der Waals surface area contributed by atoms with Crippen LogP contribution in [0.4, 0.5) is 0 Å².